The van der Waals surface area contributed by atoms with Gasteiger partial charge in [-0.3, -0.25) is 62.5 Å². The van der Waals surface area contributed by atoms with E-state index >= 15 is 13.3 Å². The van der Waals surface area contributed by atoms with Crippen LogP contribution in [0.25, 0.3) is 22.3 Å². The van der Waals surface area contributed by atoms with Gasteiger partial charge in [0.05, 0.1) is 54.3 Å². The molecule has 2 aliphatic heterocycles. The average Bonchev–Trinajstić information content (AvgIpc) is 0.807. The highest BCUT2D eigenvalue weighted by molar-refractivity contribution is 7.33. The molecule has 510 valence electrons. The molecule has 25 nitrogen and oxygen atoms in total. The number of rotatable bonds is 26. The number of fused-ring (bicyclic) bond motifs is 2. The number of carbonyl (C=O) groups is 2. The van der Waals surface area contributed by atoms with Crippen LogP contribution in [-0.2, 0) is 53.4 Å². The molecule has 98 heavy (non-hydrogen) atoms. The first-order valence-corrected chi connectivity index (χ1v) is 32.6. The number of aromatic amines is 2. The summed E-state index contributed by atoms with van der Waals surface area (Å²) in [6.45, 7) is 5.45. The second-order valence-corrected chi connectivity index (χ2v) is 24.8. The summed E-state index contributed by atoms with van der Waals surface area (Å²) in [6.07, 6.45) is -12.8. The van der Waals surface area contributed by atoms with E-state index in [-0.39, 0.29) is 34.2 Å². The second kappa shape index (κ2) is 29.0. The SMILES string of the molecule is COc1ccc(C(OC[C@H]2O[C@@H](n3cnc4c(=O)[nH]c(NC(=O)C(C)C)nc43)[C@H](O[PH](=O)O[C@@H]3[C@@H](F)[C@@H](COC(c4ccccc4)(c4ccc(OC)cc4)c4ccc(OC)cc4)O[C@H]3n3cnc4c(=O)[nH]c(NC(=O)C(C)C)nc43)[C@H]2F)(c2ccccc2)c2ccc(OC)cc2)cc1. The van der Waals surface area contributed by atoms with E-state index in [1.54, 1.807) is 76.2 Å². The maximum absolute atomic E-state index is 18.4. The number of halogens is 2. The van der Waals surface area contributed by atoms with Gasteiger partial charge in [-0.1, -0.05) is 137 Å². The van der Waals surface area contributed by atoms with Gasteiger partial charge in [0.25, 0.3) is 11.1 Å². The topological polar surface area (TPSA) is 295 Å². The van der Waals surface area contributed by atoms with Crippen LogP contribution in [0.4, 0.5) is 20.7 Å². The van der Waals surface area contributed by atoms with Crippen LogP contribution in [0.15, 0.2) is 180 Å². The van der Waals surface area contributed by atoms with Crippen LogP contribution in [0.1, 0.15) is 73.5 Å². The van der Waals surface area contributed by atoms with Crippen molar-refractivity contribution in [2.24, 2.45) is 11.8 Å². The molecule has 0 radical (unpaired) electrons. The maximum Gasteiger partial charge on any atom is 0.320 e. The summed E-state index contributed by atoms with van der Waals surface area (Å²) in [6, 6.07) is 47.0. The predicted octanol–water partition coefficient (Wildman–Crippen LogP) is 10.1. The molecule has 0 bridgehead atoms. The smallest absolute Gasteiger partial charge is 0.320 e. The third-order valence-electron chi connectivity index (χ3n) is 17.2. The Morgan fingerprint density at radius 1 is 0.510 bits per heavy atom. The zero-order chi connectivity index (χ0) is 69.0. The Hall–Kier alpha value is -9.99. The fourth-order valence-corrected chi connectivity index (χ4v) is 13.0. The van der Waals surface area contributed by atoms with Crippen LogP contribution in [0, 0.1) is 11.8 Å². The minimum absolute atomic E-state index is 0.207. The number of benzene rings is 6. The van der Waals surface area contributed by atoms with Crippen LogP contribution in [0.5, 0.6) is 23.0 Å². The minimum Gasteiger partial charge on any atom is -0.497 e. The first kappa shape index (κ1) is 68.0. The van der Waals surface area contributed by atoms with Gasteiger partial charge in [-0.25, -0.2) is 18.7 Å². The van der Waals surface area contributed by atoms with Crippen molar-refractivity contribution in [3.63, 3.8) is 0 Å². The van der Waals surface area contributed by atoms with Gasteiger partial charge in [0.15, 0.2) is 47.1 Å². The quantitative estimate of drug-likeness (QED) is 0.0289. The standard InChI is InChI=1S/C70H71F2N10O15P/c1-39(2)61(83)77-67-75-59-55(63(85)79-67)73-37-81(59)65-57(53(71)51(94-65)35-92-69(41-15-11-9-12-16-41,43-19-27-47(88-5)28-20-43)44-21-29-48(89-6)30-22-44)96-98(87)97-58-54(72)52(95-66(58)82-38-74-56-60(82)76-68(80-64(56)86)78-62(84)40(3)4)36-93-70(42-17-13-10-14-18-42,45-23-31-49(90-7)32-24-45)46-25-33-50(91-8)34-26-46/h9-34,37-40,51-54,57-58,65-66,98H,35-36H2,1-8H3,(H2,75,77,79,83,85)(H2,76,78,80,84,86)/t51-,52-,53+,54+,57-,58-,65-,66-/m1/s1. The molecule has 28 heteroatoms. The number of aromatic nitrogens is 8. The molecule has 0 aliphatic carbocycles. The second-order valence-electron chi connectivity index (χ2n) is 23.8. The van der Waals surface area contributed by atoms with Crippen molar-refractivity contribution >= 4 is 54.3 Å². The molecular weight excluding hydrogens is 1290 g/mol. The lowest BCUT2D eigenvalue weighted by atomic mass is 9.80. The van der Waals surface area contributed by atoms with E-state index in [1.807, 2.05) is 109 Å². The van der Waals surface area contributed by atoms with Gasteiger partial charge in [-0.15, -0.1) is 0 Å². The number of hydrogen-bond donors (Lipinski definition) is 4. The predicted molar refractivity (Wildman–Crippen MR) is 356 cm³/mol. The van der Waals surface area contributed by atoms with Gasteiger partial charge in [0, 0.05) is 11.8 Å². The van der Waals surface area contributed by atoms with Crippen molar-refractivity contribution in [2.75, 3.05) is 52.3 Å². The zero-order valence-electron chi connectivity index (χ0n) is 54.4. The summed E-state index contributed by atoms with van der Waals surface area (Å²) < 4.78 is 117. The number of nitrogens with one attached hydrogen (secondary N) is 4. The number of amides is 2. The number of H-pyrrole nitrogens is 2. The lowest BCUT2D eigenvalue weighted by molar-refractivity contribution is -0.119. The average molecular weight is 1360 g/mol. The number of alkyl halides is 2. The van der Waals surface area contributed by atoms with E-state index in [1.165, 1.54) is 37.6 Å². The van der Waals surface area contributed by atoms with Gasteiger partial charge in [-0.05, 0) is 81.9 Å². The van der Waals surface area contributed by atoms with Gasteiger partial charge >= 0.3 is 8.25 Å². The molecule has 2 amide bonds. The first-order chi connectivity index (χ1) is 47.4. The fourth-order valence-electron chi connectivity index (χ4n) is 12.0. The van der Waals surface area contributed by atoms with Gasteiger partial charge in [-0.2, -0.15) is 9.97 Å². The van der Waals surface area contributed by atoms with Crippen LogP contribution in [-0.4, -0.2) is 129 Å². The van der Waals surface area contributed by atoms with Gasteiger partial charge < -0.3 is 37.9 Å². The van der Waals surface area contributed by atoms with E-state index in [9.17, 15) is 19.2 Å². The third kappa shape index (κ3) is 13.3. The Balaban J connectivity index is 0.935. The van der Waals surface area contributed by atoms with Crippen molar-refractivity contribution in [2.45, 2.75) is 88.1 Å². The number of carbonyl (C=O) groups excluding carboxylic acids is 2. The Morgan fingerprint density at radius 2 is 0.816 bits per heavy atom. The van der Waals surface area contributed by atoms with Crippen LogP contribution < -0.4 is 40.7 Å². The van der Waals surface area contributed by atoms with Gasteiger partial charge in [0.2, 0.25) is 23.7 Å². The van der Waals surface area contributed by atoms with Crippen molar-refractivity contribution in [1.82, 2.24) is 39.0 Å². The van der Waals surface area contributed by atoms with Crippen LogP contribution in [0.2, 0.25) is 0 Å². The van der Waals surface area contributed by atoms with Crippen LogP contribution >= 0.6 is 8.25 Å². The minimum atomic E-state index is -4.24. The summed E-state index contributed by atoms with van der Waals surface area (Å²) >= 11 is 0. The molecule has 8 atom stereocenters. The Morgan fingerprint density at radius 3 is 1.11 bits per heavy atom. The highest BCUT2D eigenvalue weighted by atomic mass is 31.1. The Kier molecular flexibility index (Phi) is 20.1. The van der Waals surface area contributed by atoms with Crippen molar-refractivity contribution in [1.29, 1.82) is 0 Å². The first-order valence-electron chi connectivity index (χ1n) is 31.4. The van der Waals surface area contributed by atoms with E-state index in [0.717, 1.165) is 12.7 Å². The highest BCUT2D eigenvalue weighted by Gasteiger charge is 2.54. The van der Waals surface area contributed by atoms with Gasteiger partial charge in [0.1, 0.15) is 58.6 Å². The fraction of sp³-hybridized carbons (Fsp3) is 0.314. The molecule has 2 fully saturated rings. The lowest BCUT2D eigenvalue weighted by Gasteiger charge is -2.37. The molecule has 10 aromatic rings. The van der Waals surface area contributed by atoms with E-state index < -0.39 is 117 Å². The number of imidazole rings is 2. The largest absolute Gasteiger partial charge is 0.497 e. The van der Waals surface area contributed by atoms with Crippen LogP contribution in [0.3, 0.4) is 0 Å². The molecule has 0 unspecified atom stereocenters. The molecule has 2 aliphatic rings. The summed E-state index contributed by atoms with van der Waals surface area (Å²) in [5, 5.41) is 5.15. The Bertz CT molecular complexity index is 4200. The molecule has 4 N–H and O–H groups in total. The summed E-state index contributed by atoms with van der Waals surface area (Å²) in [7, 11) is 1.90. The molecule has 0 saturated carbocycles. The number of methoxy groups -OCH3 is 4. The normalized spacial score (nSPS) is 19.6. The van der Waals surface area contributed by atoms with E-state index in [4.69, 9.17) is 46.9 Å². The number of nitrogens with zero attached hydrogens (tertiary/aromatic N) is 6. The molecule has 12 rings (SSSR count). The summed E-state index contributed by atoms with van der Waals surface area (Å²) in [5.74, 6) is -0.427. The number of hydrogen-bond acceptors (Lipinski definition) is 19. The molecule has 4 aromatic heterocycles. The summed E-state index contributed by atoms with van der Waals surface area (Å²) in [5.41, 5.74) is -1.87. The lowest BCUT2D eigenvalue weighted by Crippen LogP contribution is -2.39. The van der Waals surface area contributed by atoms with Crippen molar-refractivity contribution in [3.05, 3.63) is 224 Å². The number of anilines is 2. The maximum atomic E-state index is 18.4. The molecule has 6 aromatic carbocycles. The van der Waals surface area contributed by atoms with Crippen molar-refractivity contribution < 1.29 is 69.9 Å². The third-order valence-corrected chi connectivity index (χ3v) is 18.1. The summed E-state index contributed by atoms with van der Waals surface area (Å²) in [4.78, 5) is 76.1. The zero-order valence-corrected chi connectivity index (χ0v) is 55.4. The van der Waals surface area contributed by atoms with E-state index in [2.05, 4.69) is 40.5 Å². The van der Waals surface area contributed by atoms with E-state index in [0.29, 0.717) is 56.4 Å². The molecule has 6 heterocycles. The molecule has 2 saturated heterocycles. The molecular formula is C70H71F2N10O15P. The number of ether oxygens (including phenoxy) is 8. The Labute approximate surface area is 560 Å². The van der Waals surface area contributed by atoms with Crippen molar-refractivity contribution in [3.8, 4) is 23.0 Å². The molecule has 0 spiro atoms. The monoisotopic (exact) mass is 1360 g/mol. The highest BCUT2D eigenvalue weighted by Crippen LogP contribution is 2.49.